The Kier molecular flexibility index (Phi) is 7.36. The van der Waals surface area contributed by atoms with Crippen molar-refractivity contribution < 1.29 is 19.0 Å². The Hall–Kier alpha value is -2.73. The van der Waals surface area contributed by atoms with E-state index in [9.17, 15) is 4.79 Å². The summed E-state index contributed by atoms with van der Waals surface area (Å²) in [6, 6.07) is 14.4. The second-order valence-corrected chi connectivity index (χ2v) is 7.31. The number of aryl methyl sites for hydroxylation is 1. The molecule has 0 bridgehead atoms. The monoisotopic (exact) mass is 398 g/mol. The average molecular weight is 399 g/mol. The standard InChI is InChI=1S/C23H30N2O4/c1-27-20-13-18(14-21(28-2)23(20)29-3)9-10-22(26)24-19-11-12-25(16-19)15-17-7-5-4-6-8-17/h4-8,13-14,19H,9-12,15-16H2,1-3H3,(H,24,26). The molecule has 0 aromatic heterocycles. The van der Waals surface area contributed by atoms with Gasteiger partial charge in [-0.2, -0.15) is 0 Å². The van der Waals surface area contributed by atoms with Crippen molar-refractivity contribution >= 4 is 5.91 Å². The third-order valence-electron chi connectivity index (χ3n) is 5.25. The lowest BCUT2D eigenvalue weighted by Gasteiger charge is -2.17. The molecule has 6 nitrogen and oxygen atoms in total. The number of nitrogens with zero attached hydrogens (tertiary/aromatic N) is 1. The van der Waals surface area contributed by atoms with Crippen LogP contribution in [0.1, 0.15) is 24.0 Å². The van der Waals surface area contributed by atoms with Gasteiger partial charge in [0.2, 0.25) is 11.7 Å². The Bertz CT molecular complexity index is 785. The molecule has 1 unspecified atom stereocenters. The molecule has 1 aliphatic heterocycles. The molecule has 1 aliphatic rings. The van der Waals surface area contributed by atoms with E-state index in [-0.39, 0.29) is 11.9 Å². The van der Waals surface area contributed by atoms with Crippen LogP contribution in [0.4, 0.5) is 0 Å². The van der Waals surface area contributed by atoms with Gasteiger partial charge in [0.1, 0.15) is 0 Å². The van der Waals surface area contributed by atoms with Gasteiger partial charge in [-0.25, -0.2) is 0 Å². The number of carbonyl (C=O) groups is 1. The number of hydrogen-bond donors (Lipinski definition) is 1. The number of carbonyl (C=O) groups excluding carboxylic acids is 1. The quantitative estimate of drug-likeness (QED) is 0.704. The van der Waals surface area contributed by atoms with Crippen molar-refractivity contribution in [1.29, 1.82) is 0 Å². The Balaban J connectivity index is 1.49. The molecule has 1 atom stereocenters. The van der Waals surface area contributed by atoms with Gasteiger partial charge in [-0.05, 0) is 36.1 Å². The smallest absolute Gasteiger partial charge is 0.220 e. The van der Waals surface area contributed by atoms with Gasteiger partial charge in [-0.3, -0.25) is 9.69 Å². The van der Waals surface area contributed by atoms with Gasteiger partial charge >= 0.3 is 0 Å². The van der Waals surface area contributed by atoms with Gasteiger partial charge in [-0.15, -0.1) is 0 Å². The SMILES string of the molecule is COc1cc(CCC(=O)NC2CCN(Cc3ccccc3)C2)cc(OC)c1OC. The number of nitrogens with one attached hydrogen (secondary N) is 1. The minimum Gasteiger partial charge on any atom is -0.493 e. The second kappa shape index (κ2) is 10.2. The zero-order valence-corrected chi connectivity index (χ0v) is 17.4. The summed E-state index contributed by atoms with van der Waals surface area (Å²) in [4.78, 5) is 14.8. The van der Waals surface area contributed by atoms with Crippen LogP contribution >= 0.6 is 0 Å². The van der Waals surface area contributed by atoms with Crippen LogP contribution in [-0.4, -0.2) is 51.3 Å². The number of benzene rings is 2. The summed E-state index contributed by atoms with van der Waals surface area (Å²) in [5, 5.41) is 3.18. The molecule has 6 heteroatoms. The molecule has 0 radical (unpaired) electrons. The van der Waals surface area contributed by atoms with E-state index in [0.29, 0.717) is 30.1 Å². The molecule has 29 heavy (non-hydrogen) atoms. The van der Waals surface area contributed by atoms with Gasteiger partial charge < -0.3 is 19.5 Å². The highest BCUT2D eigenvalue weighted by Crippen LogP contribution is 2.38. The van der Waals surface area contributed by atoms with E-state index in [1.807, 2.05) is 18.2 Å². The molecule has 1 saturated heterocycles. The molecular formula is C23H30N2O4. The molecule has 1 fully saturated rings. The average Bonchev–Trinajstić information content (AvgIpc) is 3.18. The third kappa shape index (κ3) is 5.64. The lowest BCUT2D eigenvalue weighted by Crippen LogP contribution is -2.37. The highest BCUT2D eigenvalue weighted by molar-refractivity contribution is 5.76. The van der Waals surface area contributed by atoms with Crippen LogP contribution in [0.2, 0.25) is 0 Å². The number of amides is 1. The van der Waals surface area contributed by atoms with E-state index in [2.05, 4.69) is 34.5 Å². The second-order valence-electron chi connectivity index (χ2n) is 7.31. The van der Waals surface area contributed by atoms with Gasteiger partial charge in [0, 0.05) is 32.1 Å². The maximum Gasteiger partial charge on any atom is 0.220 e. The Labute approximate surface area is 172 Å². The summed E-state index contributed by atoms with van der Waals surface area (Å²) in [7, 11) is 4.76. The van der Waals surface area contributed by atoms with Crippen molar-refractivity contribution in [3.63, 3.8) is 0 Å². The van der Waals surface area contributed by atoms with Crippen molar-refractivity contribution in [1.82, 2.24) is 10.2 Å². The summed E-state index contributed by atoms with van der Waals surface area (Å²) >= 11 is 0. The topological polar surface area (TPSA) is 60.0 Å². The minimum absolute atomic E-state index is 0.0744. The minimum atomic E-state index is 0.0744. The summed E-state index contributed by atoms with van der Waals surface area (Å²) in [5.41, 5.74) is 2.29. The van der Waals surface area contributed by atoms with Crippen LogP contribution in [0.5, 0.6) is 17.2 Å². The number of rotatable bonds is 9. The van der Waals surface area contributed by atoms with Crippen molar-refractivity contribution in [2.24, 2.45) is 0 Å². The summed E-state index contributed by atoms with van der Waals surface area (Å²) in [6.07, 6.45) is 2.03. The van der Waals surface area contributed by atoms with Crippen molar-refractivity contribution in [3.8, 4) is 17.2 Å². The predicted molar refractivity (Wildman–Crippen MR) is 113 cm³/mol. The first-order chi connectivity index (χ1) is 14.1. The Morgan fingerprint density at radius 3 is 2.34 bits per heavy atom. The van der Waals surface area contributed by atoms with E-state index in [0.717, 1.165) is 31.6 Å². The molecular weight excluding hydrogens is 368 g/mol. The van der Waals surface area contributed by atoms with Crippen LogP contribution in [0.15, 0.2) is 42.5 Å². The fraction of sp³-hybridized carbons (Fsp3) is 0.435. The van der Waals surface area contributed by atoms with Crippen molar-refractivity contribution in [2.45, 2.75) is 31.8 Å². The molecule has 0 spiro atoms. The molecule has 156 valence electrons. The largest absolute Gasteiger partial charge is 0.493 e. The molecule has 1 N–H and O–H groups in total. The van der Waals surface area contributed by atoms with E-state index >= 15 is 0 Å². The van der Waals surface area contributed by atoms with E-state index in [4.69, 9.17) is 14.2 Å². The molecule has 3 rings (SSSR count). The Morgan fingerprint density at radius 2 is 1.72 bits per heavy atom. The van der Waals surface area contributed by atoms with Crippen LogP contribution in [-0.2, 0) is 17.8 Å². The first-order valence-corrected chi connectivity index (χ1v) is 9.97. The lowest BCUT2D eigenvalue weighted by atomic mass is 10.1. The molecule has 0 saturated carbocycles. The van der Waals surface area contributed by atoms with Crippen LogP contribution in [0.3, 0.4) is 0 Å². The fourth-order valence-corrected chi connectivity index (χ4v) is 3.77. The summed E-state index contributed by atoms with van der Waals surface area (Å²) in [5.74, 6) is 1.85. The van der Waals surface area contributed by atoms with E-state index in [1.54, 1.807) is 21.3 Å². The van der Waals surface area contributed by atoms with Gasteiger partial charge in [-0.1, -0.05) is 30.3 Å². The molecule has 2 aromatic carbocycles. The number of ether oxygens (including phenoxy) is 3. The maximum atomic E-state index is 12.5. The van der Waals surface area contributed by atoms with Crippen LogP contribution in [0, 0.1) is 0 Å². The lowest BCUT2D eigenvalue weighted by molar-refractivity contribution is -0.121. The highest BCUT2D eigenvalue weighted by Gasteiger charge is 2.23. The zero-order chi connectivity index (χ0) is 20.6. The van der Waals surface area contributed by atoms with E-state index in [1.165, 1.54) is 5.56 Å². The van der Waals surface area contributed by atoms with Gasteiger partial charge in [0.15, 0.2) is 11.5 Å². The maximum absolute atomic E-state index is 12.5. The predicted octanol–water partition coefficient (Wildman–Crippen LogP) is 3.04. The molecule has 2 aromatic rings. The van der Waals surface area contributed by atoms with Crippen LogP contribution in [0.25, 0.3) is 0 Å². The van der Waals surface area contributed by atoms with Gasteiger partial charge in [0.25, 0.3) is 0 Å². The number of hydrogen-bond acceptors (Lipinski definition) is 5. The zero-order valence-electron chi connectivity index (χ0n) is 17.4. The number of likely N-dealkylation sites (tertiary alicyclic amines) is 1. The van der Waals surface area contributed by atoms with Crippen LogP contribution < -0.4 is 19.5 Å². The third-order valence-corrected chi connectivity index (χ3v) is 5.25. The first kappa shape index (κ1) is 21.0. The Morgan fingerprint density at radius 1 is 1.03 bits per heavy atom. The molecule has 1 heterocycles. The van der Waals surface area contributed by atoms with Crippen molar-refractivity contribution in [3.05, 3.63) is 53.6 Å². The molecule has 1 amide bonds. The fourth-order valence-electron chi connectivity index (χ4n) is 3.77. The normalized spacial score (nSPS) is 16.4. The highest BCUT2D eigenvalue weighted by atomic mass is 16.5. The summed E-state index contributed by atoms with van der Waals surface area (Å²) < 4.78 is 16.1. The van der Waals surface area contributed by atoms with Gasteiger partial charge in [0.05, 0.1) is 21.3 Å². The number of methoxy groups -OCH3 is 3. The van der Waals surface area contributed by atoms with Crippen molar-refractivity contribution in [2.75, 3.05) is 34.4 Å². The van der Waals surface area contributed by atoms with E-state index < -0.39 is 0 Å². The first-order valence-electron chi connectivity index (χ1n) is 9.97. The molecule has 0 aliphatic carbocycles. The summed E-state index contributed by atoms with van der Waals surface area (Å²) in [6.45, 7) is 2.83.